The highest BCUT2D eigenvalue weighted by Crippen LogP contribution is 2.18. The molecule has 2 aromatic carbocycles. The smallest absolute Gasteiger partial charge is 0.355 e. The second-order valence-electron chi connectivity index (χ2n) is 3.61. The van der Waals surface area contributed by atoms with E-state index in [1.165, 1.54) is 0 Å². The summed E-state index contributed by atoms with van der Waals surface area (Å²) < 4.78 is 0.929. The summed E-state index contributed by atoms with van der Waals surface area (Å²) in [5, 5.41) is 9.20. The number of benzene rings is 2. The molecular formula is C14H10BrNO2. The van der Waals surface area contributed by atoms with Gasteiger partial charge in [-0.2, -0.15) is 0 Å². The van der Waals surface area contributed by atoms with E-state index in [-0.39, 0.29) is 5.71 Å². The lowest BCUT2D eigenvalue weighted by molar-refractivity contribution is -0.129. The SMILES string of the molecule is O=C(O)C(=Nc1ccc(Br)cc1)c1ccccc1. The molecule has 0 aromatic heterocycles. The van der Waals surface area contributed by atoms with Crippen molar-refractivity contribution in [1.29, 1.82) is 0 Å². The first-order chi connectivity index (χ1) is 8.66. The second-order valence-corrected chi connectivity index (χ2v) is 4.52. The van der Waals surface area contributed by atoms with Gasteiger partial charge in [-0.3, -0.25) is 0 Å². The van der Waals surface area contributed by atoms with E-state index in [1.54, 1.807) is 36.4 Å². The summed E-state index contributed by atoms with van der Waals surface area (Å²) in [6, 6.07) is 16.0. The fraction of sp³-hybridized carbons (Fsp3) is 0. The first-order valence-corrected chi connectivity index (χ1v) is 6.09. The van der Waals surface area contributed by atoms with Gasteiger partial charge in [0.1, 0.15) is 0 Å². The third-order valence-corrected chi connectivity index (χ3v) is 2.85. The maximum Gasteiger partial charge on any atom is 0.355 e. The summed E-state index contributed by atoms with van der Waals surface area (Å²) in [4.78, 5) is 15.4. The van der Waals surface area contributed by atoms with Gasteiger partial charge in [0.25, 0.3) is 0 Å². The second kappa shape index (κ2) is 5.60. The number of rotatable bonds is 3. The Bertz CT molecular complexity index is 577. The Morgan fingerprint density at radius 1 is 1.00 bits per heavy atom. The van der Waals surface area contributed by atoms with Crippen molar-refractivity contribution in [1.82, 2.24) is 0 Å². The topological polar surface area (TPSA) is 49.7 Å². The molecule has 90 valence electrons. The highest BCUT2D eigenvalue weighted by Gasteiger charge is 2.11. The fourth-order valence-electron chi connectivity index (χ4n) is 1.48. The summed E-state index contributed by atoms with van der Waals surface area (Å²) in [5.74, 6) is -1.04. The van der Waals surface area contributed by atoms with Crippen molar-refractivity contribution in [3.8, 4) is 0 Å². The lowest BCUT2D eigenvalue weighted by Gasteiger charge is -2.02. The van der Waals surface area contributed by atoms with Crippen molar-refractivity contribution in [2.75, 3.05) is 0 Å². The van der Waals surface area contributed by atoms with Gasteiger partial charge in [-0.05, 0) is 24.3 Å². The van der Waals surface area contributed by atoms with Crippen LogP contribution in [0.15, 0.2) is 64.1 Å². The number of aliphatic imine (C=N–C) groups is 1. The van der Waals surface area contributed by atoms with Crippen molar-refractivity contribution in [3.63, 3.8) is 0 Å². The van der Waals surface area contributed by atoms with Gasteiger partial charge in [0, 0.05) is 10.0 Å². The standard InChI is InChI=1S/C14H10BrNO2/c15-11-6-8-12(9-7-11)16-13(14(17)18)10-4-2-1-3-5-10/h1-9H,(H,17,18). The number of carboxylic acid groups (broad SMARTS) is 1. The van der Waals surface area contributed by atoms with Crippen LogP contribution in [0.25, 0.3) is 0 Å². The lowest BCUT2D eigenvalue weighted by atomic mass is 10.1. The van der Waals surface area contributed by atoms with Crippen LogP contribution in [-0.4, -0.2) is 16.8 Å². The molecule has 0 aliphatic heterocycles. The van der Waals surface area contributed by atoms with E-state index in [9.17, 15) is 9.90 Å². The molecule has 0 amide bonds. The summed E-state index contributed by atoms with van der Waals surface area (Å²) in [6.07, 6.45) is 0. The molecule has 0 heterocycles. The number of aliphatic carboxylic acids is 1. The third-order valence-electron chi connectivity index (χ3n) is 2.32. The van der Waals surface area contributed by atoms with Gasteiger partial charge in [0.05, 0.1) is 5.69 Å². The van der Waals surface area contributed by atoms with Crippen LogP contribution in [0.2, 0.25) is 0 Å². The fourth-order valence-corrected chi connectivity index (χ4v) is 1.74. The number of carboxylic acids is 1. The van der Waals surface area contributed by atoms with Gasteiger partial charge in [-0.25, -0.2) is 9.79 Å². The minimum absolute atomic E-state index is 0.0397. The van der Waals surface area contributed by atoms with Gasteiger partial charge < -0.3 is 5.11 Å². The van der Waals surface area contributed by atoms with Crippen LogP contribution in [0.1, 0.15) is 5.56 Å². The van der Waals surface area contributed by atoms with Crippen molar-refractivity contribution in [2.24, 2.45) is 4.99 Å². The molecule has 0 aliphatic carbocycles. The molecule has 1 N–H and O–H groups in total. The normalized spacial score (nSPS) is 11.3. The number of hydrogen-bond donors (Lipinski definition) is 1. The number of nitrogens with zero attached hydrogens (tertiary/aromatic N) is 1. The Morgan fingerprint density at radius 3 is 2.17 bits per heavy atom. The van der Waals surface area contributed by atoms with Crippen LogP contribution in [0.3, 0.4) is 0 Å². The predicted octanol–water partition coefficient (Wildman–Crippen LogP) is 3.65. The lowest BCUT2D eigenvalue weighted by Crippen LogP contribution is -2.13. The monoisotopic (exact) mass is 303 g/mol. The van der Waals surface area contributed by atoms with E-state index in [2.05, 4.69) is 20.9 Å². The van der Waals surface area contributed by atoms with E-state index in [0.717, 1.165) is 4.47 Å². The zero-order valence-electron chi connectivity index (χ0n) is 9.38. The van der Waals surface area contributed by atoms with E-state index in [0.29, 0.717) is 11.3 Å². The van der Waals surface area contributed by atoms with Crippen LogP contribution < -0.4 is 0 Å². The molecular weight excluding hydrogens is 294 g/mol. The molecule has 0 spiro atoms. The molecule has 0 radical (unpaired) electrons. The Morgan fingerprint density at radius 2 is 1.61 bits per heavy atom. The molecule has 0 fully saturated rings. The Hall–Kier alpha value is -1.94. The summed E-state index contributed by atoms with van der Waals surface area (Å²) in [6.45, 7) is 0. The minimum Gasteiger partial charge on any atom is -0.476 e. The average Bonchev–Trinajstić information content (AvgIpc) is 2.38. The summed E-state index contributed by atoms with van der Waals surface area (Å²) in [5.41, 5.74) is 1.24. The quantitative estimate of drug-likeness (QED) is 0.880. The maximum atomic E-state index is 11.2. The van der Waals surface area contributed by atoms with Gasteiger partial charge >= 0.3 is 5.97 Å². The van der Waals surface area contributed by atoms with Gasteiger partial charge in [-0.1, -0.05) is 46.3 Å². The van der Waals surface area contributed by atoms with E-state index in [1.807, 2.05) is 18.2 Å². The van der Waals surface area contributed by atoms with Crippen LogP contribution >= 0.6 is 15.9 Å². The van der Waals surface area contributed by atoms with Gasteiger partial charge in [-0.15, -0.1) is 0 Å². The molecule has 2 rings (SSSR count). The third kappa shape index (κ3) is 3.05. The predicted molar refractivity (Wildman–Crippen MR) is 74.4 cm³/mol. The molecule has 0 bridgehead atoms. The minimum atomic E-state index is -1.04. The molecule has 0 aliphatic rings. The van der Waals surface area contributed by atoms with Crippen LogP contribution in [0.4, 0.5) is 5.69 Å². The van der Waals surface area contributed by atoms with E-state index < -0.39 is 5.97 Å². The number of hydrogen-bond acceptors (Lipinski definition) is 2. The van der Waals surface area contributed by atoms with Gasteiger partial charge in [0.15, 0.2) is 5.71 Å². The van der Waals surface area contributed by atoms with Gasteiger partial charge in [0.2, 0.25) is 0 Å². The summed E-state index contributed by atoms with van der Waals surface area (Å²) >= 11 is 3.32. The van der Waals surface area contributed by atoms with Crippen LogP contribution in [-0.2, 0) is 4.79 Å². The molecule has 0 saturated carbocycles. The highest BCUT2D eigenvalue weighted by atomic mass is 79.9. The Kier molecular flexibility index (Phi) is 3.89. The van der Waals surface area contributed by atoms with Crippen molar-refractivity contribution in [3.05, 3.63) is 64.6 Å². The Labute approximate surface area is 113 Å². The first kappa shape index (κ1) is 12.5. The van der Waals surface area contributed by atoms with Crippen molar-refractivity contribution in [2.45, 2.75) is 0 Å². The maximum absolute atomic E-state index is 11.2. The summed E-state index contributed by atoms with van der Waals surface area (Å²) in [7, 11) is 0. The zero-order valence-corrected chi connectivity index (χ0v) is 11.0. The molecule has 0 saturated heterocycles. The van der Waals surface area contributed by atoms with Crippen molar-refractivity contribution < 1.29 is 9.90 Å². The first-order valence-electron chi connectivity index (χ1n) is 5.30. The molecule has 4 heteroatoms. The average molecular weight is 304 g/mol. The van der Waals surface area contributed by atoms with Crippen LogP contribution in [0, 0.1) is 0 Å². The molecule has 2 aromatic rings. The number of halogens is 1. The van der Waals surface area contributed by atoms with Crippen molar-refractivity contribution >= 4 is 33.3 Å². The Balaban J connectivity index is 2.43. The molecule has 0 atom stereocenters. The highest BCUT2D eigenvalue weighted by molar-refractivity contribution is 9.10. The zero-order chi connectivity index (χ0) is 13.0. The van der Waals surface area contributed by atoms with Crippen LogP contribution in [0.5, 0.6) is 0 Å². The largest absolute Gasteiger partial charge is 0.476 e. The number of carbonyl (C=O) groups is 1. The molecule has 3 nitrogen and oxygen atoms in total. The van der Waals surface area contributed by atoms with E-state index >= 15 is 0 Å². The van der Waals surface area contributed by atoms with E-state index in [4.69, 9.17) is 0 Å². The molecule has 0 unspecified atom stereocenters. The molecule has 18 heavy (non-hydrogen) atoms.